The molecule has 0 amide bonds. The van der Waals surface area contributed by atoms with Gasteiger partial charge >= 0.3 is 5.97 Å². The van der Waals surface area contributed by atoms with Gasteiger partial charge in [0.05, 0.1) is 129 Å². The molecule has 32 atom stereocenters. The smallest absolute Gasteiger partial charge is 0.308 e. The molecule has 16 aliphatic heterocycles. The van der Waals surface area contributed by atoms with E-state index in [9.17, 15) is 20.1 Å². The fraction of sp³-hybridized carbons (Fsp3) is 0.917. The minimum Gasteiger partial charge on any atom is -0.459 e. The van der Waals surface area contributed by atoms with Gasteiger partial charge in [0, 0.05) is 70.1 Å². The van der Waals surface area contributed by atoms with E-state index in [0.717, 1.165) is 49.7 Å². The minimum atomic E-state index is -1.02. The molecule has 16 saturated heterocycles. The molecule has 0 aromatic carbocycles. The number of fused-ring (bicyclic) bond motifs is 10. The molecule has 440 valence electrons. The highest BCUT2D eigenvalue weighted by molar-refractivity contribution is 5.70. The zero-order chi connectivity index (χ0) is 54.0. The van der Waals surface area contributed by atoms with Gasteiger partial charge in [0.25, 0.3) is 0 Å². The number of hydrogen-bond acceptors (Lipinski definition) is 19. The Bertz CT molecular complexity index is 2340. The molecule has 0 aliphatic carbocycles. The molecule has 79 heavy (non-hydrogen) atoms. The lowest BCUT2D eigenvalue weighted by atomic mass is 9.79. The van der Waals surface area contributed by atoms with Gasteiger partial charge in [0.1, 0.15) is 36.6 Å². The topological polar surface area (TPSA) is 216 Å². The quantitative estimate of drug-likeness (QED) is 0.251. The number of carbonyl (C=O) groups is 1. The van der Waals surface area contributed by atoms with E-state index in [0.29, 0.717) is 64.2 Å². The molecule has 16 heterocycles. The van der Waals surface area contributed by atoms with E-state index in [4.69, 9.17) is 71.1 Å². The van der Waals surface area contributed by atoms with Crippen LogP contribution in [0.4, 0.5) is 0 Å². The zero-order valence-corrected chi connectivity index (χ0v) is 46.5. The molecule has 3 N–H and O–H groups in total. The van der Waals surface area contributed by atoms with Crippen molar-refractivity contribution in [1.82, 2.24) is 0 Å². The minimum absolute atomic E-state index is 0.0143. The van der Waals surface area contributed by atoms with E-state index in [1.54, 1.807) is 0 Å². The SMILES string of the molecule is C=C1C[C@@H]2CC[C@@]34C[C@H]5O[C@@H]6C(O[C@H]7CCC(CC(=O)O[C@@H]8[C@@H](C)[C@@H]9O[C@@H]%10C[C@]%11(C[C@@H]%12O[C@]%13(C[C@H](C)[C@@H]%14O[C@H]([C@@H](O)C[C@@H](O)CO)C[C@@H]%14O%13)C[C@H](C)[C@@H]%12O%11)OC%10C[C@@H]9O[C@H]8CC8O[C@@H](CCC1O2)C[C@@H](C)C8=C)O[C@@H]7[C@@H]6O3)[C@@H]5O4. The summed E-state index contributed by atoms with van der Waals surface area (Å²) in [5, 5.41) is 30.3. The summed E-state index contributed by atoms with van der Waals surface area (Å²) in [7, 11) is 0. The van der Waals surface area contributed by atoms with E-state index in [1.807, 2.05) is 0 Å². The van der Waals surface area contributed by atoms with Gasteiger partial charge in [-0.1, -0.05) is 40.9 Å². The van der Waals surface area contributed by atoms with Gasteiger partial charge < -0.3 is 86.4 Å². The summed E-state index contributed by atoms with van der Waals surface area (Å²) in [6.07, 6.45) is 2.17. The van der Waals surface area contributed by atoms with E-state index in [2.05, 4.69) is 40.9 Å². The first-order chi connectivity index (χ1) is 38.0. The van der Waals surface area contributed by atoms with Gasteiger partial charge in [-0.25, -0.2) is 0 Å². The van der Waals surface area contributed by atoms with Gasteiger partial charge in [0.15, 0.2) is 17.4 Å². The van der Waals surface area contributed by atoms with Crippen molar-refractivity contribution in [1.29, 1.82) is 0 Å². The summed E-state index contributed by atoms with van der Waals surface area (Å²) in [6.45, 7) is 17.4. The monoisotopic (exact) mass is 1110 g/mol. The third-order valence-corrected chi connectivity index (χ3v) is 21.9. The molecular formula is C60H86O19. The zero-order valence-electron chi connectivity index (χ0n) is 46.5. The van der Waals surface area contributed by atoms with Crippen molar-refractivity contribution in [3.63, 3.8) is 0 Å². The molecule has 5 unspecified atom stereocenters. The second-order valence-corrected chi connectivity index (χ2v) is 27.5. The summed E-state index contributed by atoms with van der Waals surface area (Å²) < 4.78 is 104. The first-order valence-corrected chi connectivity index (χ1v) is 30.8. The number of aliphatic hydroxyl groups is 3. The van der Waals surface area contributed by atoms with Gasteiger partial charge in [-0.3, -0.25) is 4.79 Å². The Morgan fingerprint density at radius 2 is 1.18 bits per heavy atom. The van der Waals surface area contributed by atoms with Crippen LogP contribution in [0, 0.1) is 23.7 Å². The molecule has 16 fully saturated rings. The van der Waals surface area contributed by atoms with Crippen LogP contribution in [0.2, 0.25) is 0 Å². The van der Waals surface area contributed by atoms with Crippen LogP contribution in [-0.2, 0) is 75.8 Å². The van der Waals surface area contributed by atoms with Crippen LogP contribution in [0.25, 0.3) is 0 Å². The lowest BCUT2D eigenvalue weighted by Gasteiger charge is -2.50. The number of carbonyl (C=O) groups excluding carboxylic acids is 1. The summed E-state index contributed by atoms with van der Waals surface area (Å²) in [5.74, 6) is -2.77. The molecular weight excluding hydrogens is 1020 g/mol. The van der Waals surface area contributed by atoms with E-state index < -0.39 is 72.8 Å². The molecule has 19 heteroatoms. The molecule has 19 nitrogen and oxygen atoms in total. The number of rotatable bonds is 4. The van der Waals surface area contributed by atoms with E-state index in [1.165, 1.54) is 0 Å². The van der Waals surface area contributed by atoms with Crippen molar-refractivity contribution in [2.45, 2.75) is 313 Å². The average molecular weight is 1110 g/mol. The number of aliphatic hydroxyl groups excluding tert-OH is 3. The lowest BCUT2D eigenvalue weighted by Crippen LogP contribution is -2.62. The summed E-state index contributed by atoms with van der Waals surface area (Å²) in [5.41, 5.74) is 2.15. The molecule has 16 aliphatic rings. The highest BCUT2D eigenvalue weighted by Crippen LogP contribution is 2.58. The predicted molar refractivity (Wildman–Crippen MR) is 274 cm³/mol. The molecule has 16 rings (SSSR count). The van der Waals surface area contributed by atoms with Crippen LogP contribution in [0.15, 0.2) is 24.3 Å². The predicted octanol–water partition coefficient (Wildman–Crippen LogP) is 4.93. The first-order valence-electron chi connectivity index (χ1n) is 30.8. The molecule has 0 aromatic rings. The number of ether oxygens (including phenoxy) is 15. The number of esters is 1. The third kappa shape index (κ3) is 9.43. The third-order valence-electron chi connectivity index (χ3n) is 21.9. The van der Waals surface area contributed by atoms with Gasteiger partial charge in [0.2, 0.25) is 0 Å². The highest BCUT2D eigenvalue weighted by Gasteiger charge is 2.70. The fourth-order valence-electron chi connectivity index (χ4n) is 18.2. The Hall–Kier alpha value is -1.73. The van der Waals surface area contributed by atoms with Crippen molar-refractivity contribution >= 4 is 5.97 Å². The molecule has 0 radical (unpaired) electrons. The van der Waals surface area contributed by atoms with Crippen LogP contribution in [0.3, 0.4) is 0 Å². The van der Waals surface area contributed by atoms with Crippen LogP contribution in [-0.4, -0.2) is 198 Å². The maximum atomic E-state index is 14.6. The normalized spacial score (nSPS) is 57.2. The highest BCUT2D eigenvalue weighted by atomic mass is 16.8. The number of hydrogen-bond donors (Lipinski definition) is 3. The van der Waals surface area contributed by atoms with Gasteiger partial charge in [-0.15, -0.1) is 0 Å². The van der Waals surface area contributed by atoms with Crippen LogP contribution in [0.1, 0.15) is 143 Å². The van der Waals surface area contributed by atoms with Crippen LogP contribution in [0.5, 0.6) is 0 Å². The Kier molecular flexibility index (Phi) is 13.8. The Balaban J connectivity index is 0.655. The van der Waals surface area contributed by atoms with Crippen LogP contribution < -0.4 is 0 Å². The summed E-state index contributed by atoms with van der Waals surface area (Å²) in [4.78, 5) is 14.6. The van der Waals surface area contributed by atoms with Crippen LogP contribution >= 0.6 is 0 Å². The molecule has 0 saturated carbocycles. The average Bonchev–Trinajstić information content (AvgIpc) is 4.46. The maximum absolute atomic E-state index is 14.6. The van der Waals surface area contributed by atoms with Gasteiger partial charge in [-0.05, 0) is 73.8 Å². The standard InChI is InChI=1S/C60H86O19/c1-26-13-33-7-9-37-27(2)14-35(65-37)11-12-58-23-46-54(78-58)55-56(72-46)57(79-58)53-38(69-55)10-8-34(67-53)16-48(64)73-52-31(6)51-43(68-42(52)17-39(66-33)30(26)5)19-41-45(71-51)22-60(74-41)24-47-50(77-60)29(4)21-59(76-47)20-28(3)49-44(75-59)18-40(70-49)36(63)15-32(62)25-61/h26,28-29,31-47,49-57,61-63H,2,5,7-25H2,1,3-4,6H3/t26-,28+,29+,31+,32-,33+,34?,35+,36+,37?,38+,39?,40+,41?,42+,43+,44+,45-,46-,47+,49+,50+,51+,52-,53+,54-,55?,56-,57+,58+,59-,60+/m1/s1. The van der Waals surface area contributed by atoms with Crippen molar-refractivity contribution in [2.75, 3.05) is 6.61 Å². The van der Waals surface area contributed by atoms with Gasteiger partial charge in [-0.2, -0.15) is 0 Å². The Labute approximate surface area is 463 Å². The maximum Gasteiger partial charge on any atom is 0.308 e. The largest absolute Gasteiger partial charge is 0.459 e. The summed E-state index contributed by atoms with van der Waals surface area (Å²) >= 11 is 0. The van der Waals surface area contributed by atoms with E-state index in [-0.39, 0.29) is 146 Å². The second-order valence-electron chi connectivity index (χ2n) is 27.5. The first kappa shape index (κ1) is 54.0. The van der Waals surface area contributed by atoms with E-state index >= 15 is 0 Å². The van der Waals surface area contributed by atoms with Crippen molar-refractivity contribution in [3.8, 4) is 0 Å². The summed E-state index contributed by atoms with van der Waals surface area (Å²) in [6, 6.07) is 0. The molecule has 3 spiro atoms. The molecule has 0 aromatic heterocycles. The molecule has 12 bridgehead atoms. The fourth-order valence-corrected chi connectivity index (χ4v) is 18.2. The second kappa shape index (κ2) is 20.2. The lowest BCUT2D eigenvalue weighted by molar-refractivity contribution is -0.347. The van der Waals surface area contributed by atoms with Crippen molar-refractivity contribution in [2.24, 2.45) is 23.7 Å². The Morgan fingerprint density at radius 3 is 2.03 bits per heavy atom. The Morgan fingerprint density at radius 1 is 0.506 bits per heavy atom. The van der Waals surface area contributed by atoms with Crippen molar-refractivity contribution < 1.29 is 91.2 Å². The van der Waals surface area contributed by atoms with Crippen molar-refractivity contribution in [3.05, 3.63) is 24.3 Å².